The molecule has 1 aliphatic rings. The van der Waals surface area contributed by atoms with Gasteiger partial charge >= 0.3 is 0 Å². The maximum absolute atomic E-state index is 12.3. The molecule has 1 amide bonds. The summed E-state index contributed by atoms with van der Waals surface area (Å²) in [5.41, 5.74) is -0.439. The van der Waals surface area contributed by atoms with E-state index in [4.69, 9.17) is 4.42 Å². The molecule has 2 heterocycles. The molecule has 0 saturated carbocycles. The Morgan fingerprint density at radius 2 is 2.35 bits per heavy atom. The Kier molecular flexibility index (Phi) is 6.21. The van der Waals surface area contributed by atoms with Gasteiger partial charge in [0.15, 0.2) is 5.75 Å². The summed E-state index contributed by atoms with van der Waals surface area (Å²) in [5.74, 6) is 0.220. The molecule has 1 aromatic heterocycles. The third-order valence-electron chi connectivity index (χ3n) is 4.23. The number of carbonyl (C=O) groups excluding carboxylic acids is 1. The zero-order valence-corrected chi connectivity index (χ0v) is 13.9. The van der Waals surface area contributed by atoms with Crippen LogP contribution in [0.1, 0.15) is 45.3 Å². The second-order valence-corrected chi connectivity index (χ2v) is 6.37. The molecule has 2 unspecified atom stereocenters. The van der Waals surface area contributed by atoms with Gasteiger partial charge in [0.05, 0.1) is 12.5 Å². The summed E-state index contributed by atoms with van der Waals surface area (Å²) in [5, 5.41) is 12.3. The molecular formula is C17H26N2O4. The summed E-state index contributed by atoms with van der Waals surface area (Å²) < 4.78 is 5.24. The summed E-state index contributed by atoms with van der Waals surface area (Å²) in [4.78, 5) is 25.9. The monoisotopic (exact) mass is 322 g/mol. The van der Waals surface area contributed by atoms with Crippen LogP contribution in [-0.4, -0.2) is 35.0 Å². The van der Waals surface area contributed by atoms with Crippen LogP contribution >= 0.6 is 0 Å². The highest BCUT2D eigenvalue weighted by Crippen LogP contribution is 2.19. The van der Waals surface area contributed by atoms with Gasteiger partial charge in [-0.2, -0.15) is 0 Å². The number of aromatic hydroxyl groups is 1. The first-order chi connectivity index (χ1) is 11.0. The zero-order chi connectivity index (χ0) is 16.8. The highest BCUT2D eigenvalue weighted by Gasteiger charge is 2.26. The highest BCUT2D eigenvalue weighted by molar-refractivity contribution is 5.79. The molecule has 23 heavy (non-hydrogen) atoms. The minimum atomic E-state index is -0.439. The Morgan fingerprint density at radius 3 is 3.04 bits per heavy atom. The van der Waals surface area contributed by atoms with Gasteiger partial charge in [0.25, 0.3) is 0 Å². The number of amides is 1. The van der Waals surface area contributed by atoms with Gasteiger partial charge in [-0.3, -0.25) is 14.5 Å². The number of piperidine rings is 1. The first-order valence-electron chi connectivity index (χ1n) is 8.33. The minimum Gasteiger partial charge on any atom is -0.502 e. The van der Waals surface area contributed by atoms with Gasteiger partial charge in [-0.25, -0.2) is 0 Å². The van der Waals surface area contributed by atoms with E-state index in [1.165, 1.54) is 6.07 Å². The van der Waals surface area contributed by atoms with Crippen LogP contribution in [0, 0.1) is 5.92 Å². The van der Waals surface area contributed by atoms with Gasteiger partial charge in [-0.1, -0.05) is 13.3 Å². The lowest BCUT2D eigenvalue weighted by molar-refractivity contribution is -0.127. The Morgan fingerprint density at radius 1 is 1.57 bits per heavy atom. The third kappa shape index (κ3) is 5.10. The molecule has 0 spiro atoms. The van der Waals surface area contributed by atoms with Crippen molar-refractivity contribution in [1.82, 2.24) is 10.2 Å². The summed E-state index contributed by atoms with van der Waals surface area (Å²) in [6.45, 7) is 6.15. The van der Waals surface area contributed by atoms with Crippen molar-refractivity contribution >= 4 is 5.91 Å². The molecule has 6 nitrogen and oxygen atoms in total. The van der Waals surface area contributed by atoms with Gasteiger partial charge < -0.3 is 14.8 Å². The summed E-state index contributed by atoms with van der Waals surface area (Å²) in [6.07, 6.45) is 4.94. The molecule has 1 fully saturated rings. The molecule has 1 saturated heterocycles. The third-order valence-corrected chi connectivity index (χ3v) is 4.23. The van der Waals surface area contributed by atoms with Crippen molar-refractivity contribution in [2.24, 2.45) is 5.92 Å². The number of rotatable bonds is 6. The van der Waals surface area contributed by atoms with Crippen molar-refractivity contribution in [3.05, 3.63) is 28.3 Å². The van der Waals surface area contributed by atoms with Gasteiger partial charge in [-0.05, 0) is 32.7 Å². The molecule has 2 N–H and O–H groups in total. The van der Waals surface area contributed by atoms with Crippen LogP contribution in [0.3, 0.4) is 0 Å². The Balaban J connectivity index is 1.91. The number of hydrogen-bond acceptors (Lipinski definition) is 5. The van der Waals surface area contributed by atoms with Crippen LogP contribution in [0.4, 0.5) is 0 Å². The average molecular weight is 322 g/mol. The minimum absolute atomic E-state index is 0.0214. The SMILES string of the molecule is CCCC(C)NC(=O)C1CCCN(Cc2cc(=O)c(O)co2)C1. The summed E-state index contributed by atoms with van der Waals surface area (Å²) in [7, 11) is 0. The lowest BCUT2D eigenvalue weighted by Crippen LogP contribution is -2.45. The first kappa shape index (κ1) is 17.5. The molecule has 0 aromatic carbocycles. The zero-order valence-electron chi connectivity index (χ0n) is 13.9. The molecule has 128 valence electrons. The van der Waals surface area contributed by atoms with Crippen LogP contribution in [-0.2, 0) is 11.3 Å². The van der Waals surface area contributed by atoms with Gasteiger partial charge in [0, 0.05) is 18.7 Å². The average Bonchev–Trinajstić information content (AvgIpc) is 2.51. The fraction of sp³-hybridized carbons (Fsp3) is 0.647. The molecule has 2 rings (SSSR count). The predicted molar refractivity (Wildman–Crippen MR) is 87.2 cm³/mol. The molecule has 1 aromatic rings. The van der Waals surface area contributed by atoms with Crippen LogP contribution in [0.15, 0.2) is 21.5 Å². The molecule has 2 atom stereocenters. The molecule has 6 heteroatoms. The van der Waals surface area contributed by atoms with Crippen LogP contribution in [0.2, 0.25) is 0 Å². The smallest absolute Gasteiger partial charge is 0.226 e. The lowest BCUT2D eigenvalue weighted by atomic mass is 9.96. The number of carbonyl (C=O) groups is 1. The van der Waals surface area contributed by atoms with Crippen molar-refractivity contribution in [3.63, 3.8) is 0 Å². The highest BCUT2D eigenvalue weighted by atomic mass is 16.4. The van der Waals surface area contributed by atoms with Crippen LogP contribution in [0.25, 0.3) is 0 Å². The quantitative estimate of drug-likeness (QED) is 0.835. The van der Waals surface area contributed by atoms with Gasteiger partial charge in [0.1, 0.15) is 12.0 Å². The largest absolute Gasteiger partial charge is 0.502 e. The van der Waals surface area contributed by atoms with E-state index in [-0.39, 0.29) is 23.6 Å². The number of nitrogens with one attached hydrogen (secondary N) is 1. The van der Waals surface area contributed by atoms with E-state index in [1.807, 2.05) is 6.92 Å². The molecule has 0 radical (unpaired) electrons. The fourth-order valence-corrected chi connectivity index (χ4v) is 3.03. The second kappa shape index (κ2) is 8.15. The maximum atomic E-state index is 12.3. The van der Waals surface area contributed by atoms with E-state index >= 15 is 0 Å². The molecule has 1 aliphatic heterocycles. The van der Waals surface area contributed by atoms with E-state index in [9.17, 15) is 14.7 Å². The summed E-state index contributed by atoms with van der Waals surface area (Å²) in [6, 6.07) is 1.51. The van der Waals surface area contributed by atoms with Gasteiger partial charge in [-0.15, -0.1) is 0 Å². The van der Waals surface area contributed by atoms with Crippen molar-refractivity contribution < 1.29 is 14.3 Å². The number of hydrogen-bond donors (Lipinski definition) is 2. The normalized spacial score (nSPS) is 20.2. The van der Waals surface area contributed by atoms with E-state index in [0.717, 1.165) is 38.5 Å². The van der Waals surface area contributed by atoms with Crippen LogP contribution in [0.5, 0.6) is 5.75 Å². The molecular weight excluding hydrogens is 296 g/mol. The van der Waals surface area contributed by atoms with E-state index in [1.54, 1.807) is 0 Å². The van der Waals surface area contributed by atoms with E-state index in [0.29, 0.717) is 18.8 Å². The second-order valence-electron chi connectivity index (χ2n) is 6.37. The van der Waals surface area contributed by atoms with Crippen molar-refractivity contribution in [2.75, 3.05) is 13.1 Å². The van der Waals surface area contributed by atoms with Crippen molar-refractivity contribution in [3.8, 4) is 5.75 Å². The standard InChI is InChI=1S/C17H26N2O4/c1-3-5-12(2)18-17(22)13-6-4-7-19(9-13)10-14-8-15(20)16(21)11-23-14/h8,11-13,21H,3-7,9-10H2,1-2H3,(H,18,22). The van der Waals surface area contributed by atoms with Crippen molar-refractivity contribution in [1.29, 1.82) is 0 Å². The summed E-state index contributed by atoms with van der Waals surface area (Å²) >= 11 is 0. The maximum Gasteiger partial charge on any atom is 0.226 e. The first-order valence-corrected chi connectivity index (χ1v) is 8.33. The van der Waals surface area contributed by atoms with E-state index < -0.39 is 5.43 Å². The topological polar surface area (TPSA) is 82.8 Å². The lowest BCUT2D eigenvalue weighted by Gasteiger charge is -2.32. The number of nitrogens with zero attached hydrogens (tertiary/aromatic N) is 1. The Labute approximate surface area is 136 Å². The van der Waals surface area contributed by atoms with E-state index in [2.05, 4.69) is 17.1 Å². The molecule has 0 aliphatic carbocycles. The van der Waals surface area contributed by atoms with Gasteiger partial charge in [0.2, 0.25) is 11.3 Å². The predicted octanol–water partition coefficient (Wildman–Crippen LogP) is 1.86. The Hall–Kier alpha value is -1.82. The number of likely N-dealkylation sites (tertiary alicyclic amines) is 1. The fourth-order valence-electron chi connectivity index (χ4n) is 3.03. The Bertz CT molecular complexity index is 584. The molecule has 0 bridgehead atoms. The van der Waals surface area contributed by atoms with Crippen LogP contribution < -0.4 is 10.7 Å². The van der Waals surface area contributed by atoms with Crippen molar-refractivity contribution in [2.45, 2.75) is 52.1 Å².